The van der Waals surface area contributed by atoms with Gasteiger partial charge in [-0.15, -0.1) is 0 Å². The molecule has 1 fully saturated rings. The van der Waals surface area contributed by atoms with Crippen molar-refractivity contribution in [2.24, 2.45) is 0 Å². The third kappa shape index (κ3) is 1.17. The Bertz CT molecular complexity index is 465. The Kier molecular flexibility index (Phi) is 2.05. The van der Waals surface area contributed by atoms with Crippen molar-refractivity contribution in [1.82, 2.24) is 0 Å². The van der Waals surface area contributed by atoms with Gasteiger partial charge in [-0.05, 0) is 37.5 Å². The first kappa shape index (κ1) is 10.2. The number of hydrogen-bond acceptors (Lipinski definition) is 2. The Morgan fingerprint density at radius 2 is 2.19 bits per heavy atom. The van der Waals surface area contributed by atoms with Gasteiger partial charge in [0.25, 0.3) is 0 Å². The molecule has 16 heavy (non-hydrogen) atoms. The van der Waals surface area contributed by atoms with E-state index in [0.717, 1.165) is 37.1 Å². The van der Waals surface area contributed by atoms with Crippen LogP contribution in [0.5, 0.6) is 0 Å². The van der Waals surface area contributed by atoms with Gasteiger partial charge in [0.05, 0.1) is 0 Å². The predicted molar refractivity (Wildman–Crippen MR) is 65.4 cm³/mol. The highest BCUT2D eigenvalue weighted by Gasteiger charge is 2.59. The largest absolute Gasteiger partial charge is 0.358 e. The van der Waals surface area contributed by atoms with Gasteiger partial charge >= 0.3 is 0 Å². The van der Waals surface area contributed by atoms with Crippen molar-refractivity contribution in [3.8, 4) is 0 Å². The SMILES string of the molecule is CCCN1c2ccc(Cl)cc2C(=O)C12CC2. The second-order valence-corrected chi connectivity index (χ2v) is 5.11. The van der Waals surface area contributed by atoms with E-state index in [1.54, 1.807) is 0 Å². The maximum absolute atomic E-state index is 12.3. The smallest absolute Gasteiger partial charge is 0.190 e. The van der Waals surface area contributed by atoms with E-state index in [2.05, 4.69) is 11.8 Å². The molecule has 0 amide bonds. The van der Waals surface area contributed by atoms with Gasteiger partial charge in [-0.1, -0.05) is 18.5 Å². The number of ketones is 1. The highest BCUT2D eigenvalue weighted by molar-refractivity contribution is 6.31. The standard InChI is InChI=1S/C13H14ClNO/c1-2-7-15-11-4-3-9(14)8-10(11)12(16)13(15)5-6-13/h3-4,8H,2,5-7H2,1H3. The Balaban J connectivity index is 2.11. The number of benzene rings is 1. The average molecular weight is 236 g/mol. The number of carbonyl (C=O) groups is 1. The molecule has 0 unspecified atom stereocenters. The summed E-state index contributed by atoms with van der Waals surface area (Å²) in [6.45, 7) is 3.11. The molecule has 84 valence electrons. The number of Topliss-reactive ketones (excluding diaryl/α,β-unsaturated/α-hetero) is 1. The molecule has 0 bridgehead atoms. The lowest BCUT2D eigenvalue weighted by atomic mass is 10.1. The van der Waals surface area contributed by atoms with Gasteiger partial charge in [0.15, 0.2) is 5.78 Å². The van der Waals surface area contributed by atoms with Crippen molar-refractivity contribution in [1.29, 1.82) is 0 Å². The number of halogens is 1. The molecule has 1 aromatic carbocycles. The number of anilines is 1. The van der Waals surface area contributed by atoms with E-state index in [4.69, 9.17) is 11.6 Å². The third-order valence-corrected chi connectivity index (χ3v) is 3.84. The highest BCUT2D eigenvalue weighted by atomic mass is 35.5. The zero-order chi connectivity index (χ0) is 11.3. The summed E-state index contributed by atoms with van der Waals surface area (Å²) in [7, 11) is 0. The van der Waals surface area contributed by atoms with Gasteiger partial charge in [-0.3, -0.25) is 4.79 Å². The number of carbonyl (C=O) groups excluding carboxylic acids is 1. The molecule has 0 N–H and O–H groups in total. The van der Waals surface area contributed by atoms with E-state index in [9.17, 15) is 4.79 Å². The molecule has 1 saturated carbocycles. The fourth-order valence-electron chi connectivity index (χ4n) is 2.70. The van der Waals surface area contributed by atoms with E-state index in [-0.39, 0.29) is 11.3 Å². The van der Waals surface area contributed by atoms with Crippen LogP contribution in [0.2, 0.25) is 5.02 Å². The van der Waals surface area contributed by atoms with Gasteiger partial charge in [0.2, 0.25) is 0 Å². The molecular weight excluding hydrogens is 222 g/mol. The Hall–Kier alpha value is -1.02. The summed E-state index contributed by atoms with van der Waals surface area (Å²) in [5.74, 6) is 0.276. The zero-order valence-corrected chi connectivity index (χ0v) is 10.0. The van der Waals surface area contributed by atoms with Crippen LogP contribution < -0.4 is 4.90 Å². The van der Waals surface area contributed by atoms with Crippen LogP contribution in [0.4, 0.5) is 5.69 Å². The lowest BCUT2D eigenvalue weighted by Gasteiger charge is -2.25. The first-order chi connectivity index (χ1) is 7.69. The number of fused-ring (bicyclic) bond motifs is 1. The van der Waals surface area contributed by atoms with Crippen LogP contribution in [0, 0.1) is 0 Å². The Morgan fingerprint density at radius 1 is 1.44 bits per heavy atom. The molecule has 0 radical (unpaired) electrons. The first-order valence-corrected chi connectivity index (χ1v) is 6.19. The van der Waals surface area contributed by atoms with Crippen LogP contribution >= 0.6 is 11.6 Å². The molecule has 3 heteroatoms. The van der Waals surface area contributed by atoms with Crippen molar-refractivity contribution in [3.63, 3.8) is 0 Å². The van der Waals surface area contributed by atoms with Crippen LogP contribution in [-0.2, 0) is 0 Å². The van der Waals surface area contributed by atoms with E-state index in [1.165, 1.54) is 0 Å². The summed E-state index contributed by atoms with van der Waals surface area (Å²) < 4.78 is 0. The predicted octanol–water partition coefficient (Wildman–Crippen LogP) is 3.29. The normalized spacial score (nSPS) is 20.4. The molecule has 2 nitrogen and oxygen atoms in total. The van der Waals surface area contributed by atoms with Crippen molar-refractivity contribution < 1.29 is 4.79 Å². The molecule has 2 aliphatic rings. The van der Waals surface area contributed by atoms with Gasteiger partial charge in [0, 0.05) is 22.8 Å². The van der Waals surface area contributed by atoms with Crippen molar-refractivity contribution in [2.45, 2.75) is 31.7 Å². The summed E-state index contributed by atoms with van der Waals surface area (Å²) in [4.78, 5) is 14.6. The number of nitrogens with zero attached hydrogens (tertiary/aromatic N) is 1. The molecule has 1 aliphatic heterocycles. The molecule has 1 aliphatic carbocycles. The van der Waals surface area contributed by atoms with Crippen molar-refractivity contribution in [3.05, 3.63) is 28.8 Å². The minimum absolute atomic E-state index is 0.191. The number of rotatable bonds is 2. The highest BCUT2D eigenvalue weighted by Crippen LogP contribution is 2.53. The van der Waals surface area contributed by atoms with Crippen molar-refractivity contribution >= 4 is 23.1 Å². The lowest BCUT2D eigenvalue weighted by Crippen LogP contribution is -2.38. The fourth-order valence-corrected chi connectivity index (χ4v) is 2.87. The van der Waals surface area contributed by atoms with Crippen LogP contribution in [0.15, 0.2) is 18.2 Å². The quantitative estimate of drug-likeness (QED) is 0.784. The topological polar surface area (TPSA) is 20.3 Å². The van der Waals surface area contributed by atoms with E-state index in [1.807, 2.05) is 18.2 Å². The maximum Gasteiger partial charge on any atom is 0.190 e. The monoisotopic (exact) mass is 235 g/mol. The molecule has 0 atom stereocenters. The molecule has 3 rings (SSSR count). The van der Waals surface area contributed by atoms with E-state index in [0.29, 0.717) is 5.02 Å². The number of hydrogen-bond donors (Lipinski definition) is 0. The summed E-state index contributed by atoms with van der Waals surface area (Å²) in [6.07, 6.45) is 3.06. The Morgan fingerprint density at radius 3 is 2.81 bits per heavy atom. The average Bonchev–Trinajstić information content (AvgIpc) is 3.03. The molecule has 1 spiro atoms. The fraction of sp³-hybridized carbons (Fsp3) is 0.462. The van der Waals surface area contributed by atoms with Crippen molar-refractivity contribution in [2.75, 3.05) is 11.4 Å². The van der Waals surface area contributed by atoms with Crippen LogP contribution in [0.3, 0.4) is 0 Å². The summed E-state index contributed by atoms with van der Waals surface area (Å²) >= 11 is 5.96. The molecule has 1 heterocycles. The second-order valence-electron chi connectivity index (χ2n) is 4.67. The molecular formula is C13H14ClNO. The summed E-state index contributed by atoms with van der Waals surface area (Å²) in [5, 5.41) is 0.654. The van der Waals surface area contributed by atoms with Crippen LogP contribution in [-0.4, -0.2) is 17.9 Å². The first-order valence-electron chi connectivity index (χ1n) is 5.81. The molecule has 1 aromatic rings. The lowest BCUT2D eigenvalue weighted by molar-refractivity contribution is 0.0959. The zero-order valence-electron chi connectivity index (χ0n) is 9.29. The molecule has 0 aromatic heterocycles. The third-order valence-electron chi connectivity index (χ3n) is 3.60. The summed E-state index contributed by atoms with van der Waals surface area (Å²) in [6, 6.07) is 5.67. The minimum Gasteiger partial charge on any atom is -0.358 e. The van der Waals surface area contributed by atoms with Crippen LogP contribution in [0.25, 0.3) is 0 Å². The van der Waals surface area contributed by atoms with Gasteiger partial charge < -0.3 is 4.90 Å². The van der Waals surface area contributed by atoms with Gasteiger partial charge in [-0.25, -0.2) is 0 Å². The van der Waals surface area contributed by atoms with E-state index < -0.39 is 0 Å². The van der Waals surface area contributed by atoms with E-state index >= 15 is 0 Å². The van der Waals surface area contributed by atoms with Gasteiger partial charge in [-0.2, -0.15) is 0 Å². The second kappa shape index (κ2) is 3.24. The minimum atomic E-state index is -0.191. The van der Waals surface area contributed by atoms with Gasteiger partial charge in [0.1, 0.15) is 5.54 Å². The molecule has 0 saturated heterocycles. The summed E-state index contributed by atoms with van der Waals surface area (Å²) in [5.41, 5.74) is 1.70. The Labute approximate surface area is 100 Å². The maximum atomic E-state index is 12.3. The van der Waals surface area contributed by atoms with Crippen LogP contribution in [0.1, 0.15) is 36.5 Å².